The molecule has 1 heterocycles. The lowest BCUT2D eigenvalue weighted by atomic mass is 10.1. The fourth-order valence-corrected chi connectivity index (χ4v) is 4.44. The van der Waals surface area contributed by atoms with E-state index in [0.29, 0.717) is 18.9 Å². The molecule has 0 spiro atoms. The van der Waals surface area contributed by atoms with Crippen molar-refractivity contribution in [3.8, 4) is 10.4 Å². The van der Waals surface area contributed by atoms with E-state index >= 15 is 0 Å². The average molecular weight is 458 g/mol. The molecule has 1 aliphatic carbocycles. The molecule has 0 saturated carbocycles. The molecule has 3 rings (SSSR count). The Morgan fingerprint density at radius 2 is 1.97 bits per heavy atom. The van der Waals surface area contributed by atoms with Gasteiger partial charge >= 0.3 is 0 Å². The first-order valence-electron chi connectivity index (χ1n) is 10.1. The molecule has 1 N–H and O–H groups in total. The molecule has 0 bridgehead atoms. The first kappa shape index (κ1) is 24.6. The third kappa shape index (κ3) is 7.23. The zero-order valence-electron chi connectivity index (χ0n) is 18.0. The molecule has 1 aromatic carbocycles. The Labute approximate surface area is 193 Å². The third-order valence-electron chi connectivity index (χ3n) is 4.63. The molecule has 4 nitrogen and oxygen atoms in total. The zero-order chi connectivity index (χ0) is 22.8. The summed E-state index contributed by atoms with van der Waals surface area (Å²) in [5, 5.41) is 7.61. The molecule has 0 aliphatic heterocycles. The van der Waals surface area contributed by atoms with Gasteiger partial charge in [0.15, 0.2) is 0 Å². The number of halogens is 1. The molecular weight excluding hydrogens is 430 g/mol. The van der Waals surface area contributed by atoms with E-state index < -0.39 is 0 Å². The van der Waals surface area contributed by atoms with Crippen molar-refractivity contribution in [2.45, 2.75) is 33.6 Å². The number of carbonyl (C=O) groups excluding carboxylic acids is 1. The van der Waals surface area contributed by atoms with Gasteiger partial charge in [-0.3, -0.25) is 9.59 Å². The topological polar surface area (TPSA) is 57.6 Å². The van der Waals surface area contributed by atoms with Crippen LogP contribution in [-0.4, -0.2) is 24.0 Å². The summed E-state index contributed by atoms with van der Waals surface area (Å²) in [5.41, 5.74) is 3.13. The standard InChI is InChI=1S/C24H26ClNOS.CH2O2/c1-17(2)14-24(27)26(16-20-12-8-5-9-13-21(20)25)22-15-23(28-18(22)3)19-10-6-4-7-11-19;2-1-3/h4-8,10-13,15,17H,9,14,16H2,1-3H3;1H,(H,2,3). The number of amides is 1. The van der Waals surface area contributed by atoms with Crippen LogP contribution in [-0.2, 0) is 9.59 Å². The van der Waals surface area contributed by atoms with E-state index in [0.717, 1.165) is 27.6 Å². The number of rotatable bonds is 6. The molecule has 0 atom stereocenters. The average Bonchev–Trinajstić information content (AvgIpc) is 2.99. The van der Waals surface area contributed by atoms with Crippen LogP contribution in [0.1, 0.15) is 31.6 Å². The van der Waals surface area contributed by atoms with Crippen LogP contribution in [0.2, 0.25) is 0 Å². The molecular formula is C25H28ClNO3S. The van der Waals surface area contributed by atoms with E-state index in [9.17, 15) is 4.79 Å². The van der Waals surface area contributed by atoms with Crippen molar-refractivity contribution in [2.75, 3.05) is 11.4 Å². The highest BCUT2D eigenvalue weighted by Gasteiger charge is 2.23. The Bertz CT molecular complexity index is 974. The van der Waals surface area contributed by atoms with Crippen LogP contribution >= 0.6 is 22.9 Å². The summed E-state index contributed by atoms with van der Waals surface area (Å²) in [7, 11) is 0. The molecule has 2 aromatic rings. The normalized spacial score (nSPS) is 12.9. The van der Waals surface area contributed by atoms with Gasteiger partial charge in [0.1, 0.15) is 0 Å². The number of carboxylic acid groups (broad SMARTS) is 1. The smallest absolute Gasteiger partial charge is 0.290 e. The van der Waals surface area contributed by atoms with Gasteiger partial charge < -0.3 is 10.0 Å². The highest BCUT2D eigenvalue weighted by atomic mass is 35.5. The van der Waals surface area contributed by atoms with E-state index in [1.807, 2.05) is 41.3 Å². The molecule has 0 fully saturated rings. The van der Waals surface area contributed by atoms with Crippen molar-refractivity contribution >= 4 is 41.0 Å². The van der Waals surface area contributed by atoms with Crippen molar-refractivity contribution < 1.29 is 14.7 Å². The van der Waals surface area contributed by atoms with Crippen molar-refractivity contribution in [3.05, 3.63) is 76.2 Å². The lowest BCUT2D eigenvalue weighted by Gasteiger charge is -2.25. The quantitative estimate of drug-likeness (QED) is 0.484. The molecule has 6 heteroatoms. The van der Waals surface area contributed by atoms with Gasteiger partial charge in [-0.25, -0.2) is 0 Å². The van der Waals surface area contributed by atoms with E-state index in [-0.39, 0.29) is 12.4 Å². The fraction of sp³-hybridized carbons (Fsp3) is 0.280. The minimum Gasteiger partial charge on any atom is -0.483 e. The highest BCUT2D eigenvalue weighted by molar-refractivity contribution is 7.16. The van der Waals surface area contributed by atoms with E-state index in [1.54, 1.807) is 11.3 Å². The molecule has 0 radical (unpaired) electrons. The maximum Gasteiger partial charge on any atom is 0.290 e. The second kappa shape index (κ2) is 12.3. The monoisotopic (exact) mass is 457 g/mol. The van der Waals surface area contributed by atoms with Gasteiger partial charge in [-0.2, -0.15) is 0 Å². The summed E-state index contributed by atoms with van der Waals surface area (Å²) in [6.45, 7) is 6.47. The fourth-order valence-electron chi connectivity index (χ4n) is 3.20. The van der Waals surface area contributed by atoms with Gasteiger partial charge in [0.25, 0.3) is 6.47 Å². The van der Waals surface area contributed by atoms with Crippen LogP contribution < -0.4 is 4.90 Å². The number of benzene rings is 1. The van der Waals surface area contributed by atoms with Crippen LogP contribution in [0.15, 0.2) is 71.3 Å². The van der Waals surface area contributed by atoms with Crippen LogP contribution in [0.4, 0.5) is 5.69 Å². The first-order valence-corrected chi connectivity index (χ1v) is 11.3. The second-order valence-electron chi connectivity index (χ2n) is 7.51. The van der Waals surface area contributed by atoms with Gasteiger partial charge in [0.05, 0.1) is 12.2 Å². The molecule has 1 aliphatic rings. The summed E-state index contributed by atoms with van der Waals surface area (Å²) >= 11 is 8.21. The van der Waals surface area contributed by atoms with E-state index in [4.69, 9.17) is 21.5 Å². The largest absolute Gasteiger partial charge is 0.483 e. The Kier molecular flexibility index (Phi) is 9.76. The van der Waals surface area contributed by atoms with Crippen LogP contribution in [0.25, 0.3) is 10.4 Å². The van der Waals surface area contributed by atoms with Crippen molar-refractivity contribution in [2.24, 2.45) is 5.92 Å². The highest BCUT2D eigenvalue weighted by Crippen LogP contribution is 2.37. The van der Waals surface area contributed by atoms with Gasteiger partial charge in [-0.15, -0.1) is 11.3 Å². The number of aryl methyl sites for hydroxylation is 1. The SMILES string of the molecule is Cc1sc(-c2ccccc2)cc1N(CC1=CC=CCC=C1Cl)C(=O)CC(C)C.O=CO. The number of allylic oxidation sites excluding steroid dienone is 4. The van der Waals surface area contributed by atoms with E-state index in [1.165, 1.54) is 10.4 Å². The Morgan fingerprint density at radius 3 is 2.61 bits per heavy atom. The minimum absolute atomic E-state index is 0.133. The molecule has 164 valence electrons. The molecule has 1 aromatic heterocycles. The lowest BCUT2D eigenvalue weighted by Crippen LogP contribution is -2.33. The number of anilines is 1. The van der Waals surface area contributed by atoms with Crippen LogP contribution in [0.3, 0.4) is 0 Å². The number of hydrogen-bond acceptors (Lipinski definition) is 3. The number of hydrogen-bond donors (Lipinski definition) is 1. The Morgan fingerprint density at radius 1 is 1.29 bits per heavy atom. The first-order chi connectivity index (χ1) is 14.9. The number of nitrogens with zero attached hydrogens (tertiary/aromatic N) is 1. The van der Waals surface area contributed by atoms with Gasteiger partial charge in [0, 0.05) is 21.2 Å². The van der Waals surface area contributed by atoms with Gasteiger partial charge in [-0.05, 0) is 36.5 Å². The predicted octanol–water partition coefficient (Wildman–Crippen LogP) is 6.81. The van der Waals surface area contributed by atoms with Crippen LogP contribution in [0, 0.1) is 12.8 Å². The molecule has 0 unspecified atom stereocenters. The van der Waals surface area contributed by atoms with Gasteiger partial charge in [-0.1, -0.05) is 80.1 Å². The third-order valence-corrected chi connectivity index (χ3v) is 6.11. The maximum atomic E-state index is 13.1. The summed E-state index contributed by atoms with van der Waals surface area (Å²) in [6, 6.07) is 12.4. The number of thiophene rings is 1. The van der Waals surface area contributed by atoms with Crippen LogP contribution in [0.5, 0.6) is 0 Å². The van der Waals surface area contributed by atoms with E-state index in [2.05, 4.69) is 45.0 Å². The summed E-state index contributed by atoms with van der Waals surface area (Å²) < 4.78 is 0. The number of carbonyl (C=O) groups is 2. The summed E-state index contributed by atoms with van der Waals surface area (Å²) in [4.78, 5) is 25.7. The summed E-state index contributed by atoms with van der Waals surface area (Å²) in [5.74, 6) is 0.436. The summed E-state index contributed by atoms with van der Waals surface area (Å²) in [6.07, 6.45) is 9.43. The zero-order valence-corrected chi connectivity index (χ0v) is 19.6. The predicted molar refractivity (Wildman–Crippen MR) is 131 cm³/mol. The maximum absolute atomic E-state index is 13.1. The molecule has 0 saturated heterocycles. The minimum atomic E-state index is -0.250. The van der Waals surface area contributed by atoms with Crippen molar-refractivity contribution in [1.82, 2.24) is 0 Å². The Balaban J connectivity index is 0.00000107. The van der Waals surface area contributed by atoms with Crippen molar-refractivity contribution in [3.63, 3.8) is 0 Å². The lowest BCUT2D eigenvalue weighted by molar-refractivity contribution is -0.123. The molecule has 1 amide bonds. The molecule has 31 heavy (non-hydrogen) atoms. The van der Waals surface area contributed by atoms with Gasteiger partial charge in [0.2, 0.25) is 5.91 Å². The van der Waals surface area contributed by atoms with Crippen molar-refractivity contribution in [1.29, 1.82) is 0 Å². The Hall–Kier alpha value is -2.63. The second-order valence-corrected chi connectivity index (χ2v) is 9.17.